The maximum atomic E-state index is 4.37. The molecule has 0 unspecified atom stereocenters. The zero-order chi connectivity index (χ0) is 6.97. The Hall–Kier alpha value is -0.570. The molecule has 3 heteroatoms. The fourth-order valence-corrected chi connectivity index (χ4v) is 1.99. The molecule has 10 heavy (non-hydrogen) atoms. The molecule has 52 valence electrons. The van der Waals surface area contributed by atoms with E-state index in [4.69, 9.17) is 0 Å². The second-order valence-corrected chi connectivity index (χ2v) is 3.38. The minimum atomic E-state index is 1.03. The highest BCUT2D eigenvalue weighted by atomic mass is 32.2. The number of hydrogen-bond acceptors (Lipinski definition) is 3. The van der Waals surface area contributed by atoms with E-state index in [0.29, 0.717) is 0 Å². The summed E-state index contributed by atoms with van der Waals surface area (Å²) in [5.74, 6) is 2.09. The van der Waals surface area contributed by atoms with Crippen molar-refractivity contribution in [2.24, 2.45) is 0 Å². The van der Waals surface area contributed by atoms with E-state index in [2.05, 4.69) is 9.97 Å². The summed E-state index contributed by atoms with van der Waals surface area (Å²) in [5, 5.41) is 0. The fraction of sp³-hybridized carbons (Fsp3) is 0.429. The topological polar surface area (TPSA) is 25.8 Å². The van der Waals surface area contributed by atoms with Gasteiger partial charge in [-0.1, -0.05) is 0 Å². The van der Waals surface area contributed by atoms with Crippen LogP contribution in [0.4, 0.5) is 0 Å². The van der Waals surface area contributed by atoms with Crippen molar-refractivity contribution in [3.05, 3.63) is 23.3 Å². The Morgan fingerprint density at radius 2 is 2.20 bits per heavy atom. The number of nitrogens with zero attached hydrogens (tertiary/aromatic N) is 2. The molecular formula is C7H8N2S. The average molecular weight is 152 g/mol. The lowest BCUT2D eigenvalue weighted by molar-refractivity contribution is 1.01. The Kier molecular flexibility index (Phi) is 1.38. The molecule has 1 aromatic rings. The molecule has 0 fully saturated rings. The highest BCUT2D eigenvalue weighted by Crippen LogP contribution is 2.25. The SMILES string of the molecule is Cc1cnc2c(n1)CSC2. The first kappa shape index (κ1) is 6.16. The molecule has 0 atom stereocenters. The maximum absolute atomic E-state index is 4.37. The molecular weight excluding hydrogens is 144 g/mol. The van der Waals surface area contributed by atoms with Gasteiger partial charge in [-0.25, -0.2) is 0 Å². The summed E-state index contributed by atoms with van der Waals surface area (Å²) >= 11 is 1.89. The number of aryl methyl sites for hydroxylation is 1. The normalized spacial score (nSPS) is 15.3. The smallest absolute Gasteiger partial charge is 0.0729 e. The summed E-state index contributed by atoms with van der Waals surface area (Å²) in [5.41, 5.74) is 3.39. The zero-order valence-corrected chi connectivity index (χ0v) is 6.61. The molecule has 2 heterocycles. The molecule has 2 rings (SSSR count). The van der Waals surface area contributed by atoms with Crippen LogP contribution in [0.15, 0.2) is 6.20 Å². The van der Waals surface area contributed by atoms with Gasteiger partial charge in [0, 0.05) is 17.7 Å². The second kappa shape index (κ2) is 2.23. The zero-order valence-electron chi connectivity index (χ0n) is 5.79. The van der Waals surface area contributed by atoms with Crippen LogP contribution in [0.3, 0.4) is 0 Å². The Balaban J connectivity index is 2.52. The van der Waals surface area contributed by atoms with Gasteiger partial charge >= 0.3 is 0 Å². The Morgan fingerprint density at radius 1 is 1.40 bits per heavy atom. The van der Waals surface area contributed by atoms with Gasteiger partial charge in [0.15, 0.2) is 0 Å². The highest BCUT2D eigenvalue weighted by molar-refractivity contribution is 7.98. The molecule has 0 spiro atoms. The number of hydrogen-bond donors (Lipinski definition) is 0. The molecule has 0 radical (unpaired) electrons. The first-order chi connectivity index (χ1) is 4.86. The Bertz CT molecular complexity index is 260. The molecule has 0 bridgehead atoms. The van der Waals surface area contributed by atoms with Crippen molar-refractivity contribution in [2.45, 2.75) is 18.4 Å². The summed E-state index contributed by atoms with van der Waals surface area (Å²) in [7, 11) is 0. The lowest BCUT2D eigenvalue weighted by Gasteiger charge is -1.95. The van der Waals surface area contributed by atoms with Gasteiger partial charge in [0.1, 0.15) is 0 Å². The van der Waals surface area contributed by atoms with Crippen LogP contribution >= 0.6 is 11.8 Å². The van der Waals surface area contributed by atoms with Crippen LogP contribution < -0.4 is 0 Å². The van der Waals surface area contributed by atoms with E-state index in [1.165, 1.54) is 11.4 Å². The molecule has 2 nitrogen and oxygen atoms in total. The standard InChI is InChI=1S/C7H8N2S/c1-5-2-8-6-3-10-4-7(6)9-5/h2H,3-4H2,1H3. The van der Waals surface area contributed by atoms with E-state index >= 15 is 0 Å². The second-order valence-electron chi connectivity index (χ2n) is 2.40. The molecule has 1 aliphatic rings. The van der Waals surface area contributed by atoms with E-state index in [-0.39, 0.29) is 0 Å². The predicted octanol–water partition coefficient (Wildman–Crippen LogP) is 1.53. The van der Waals surface area contributed by atoms with Crippen LogP contribution in [-0.2, 0) is 11.5 Å². The molecule has 1 aliphatic heterocycles. The number of thioether (sulfide) groups is 1. The van der Waals surface area contributed by atoms with Crippen molar-refractivity contribution in [2.75, 3.05) is 0 Å². The van der Waals surface area contributed by atoms with Gasteiger partial charge in [-0.2, -0.15) is 0 Å². The van der Waals surface area contributed by atoms with Crippen molar-refractivity contribution >= 4 is 11.8 Å². The third-order valence-corrected chi connectivity index (χ3v) is 2.48. The quantitative estimate of drug-likeness (QED) is 0.564. The lowest BCUT2D eigenvalue weighted by Crippen LogP contribution is -1.93. The summed E-state index contributed by atoms with van der Waals surface area (Å²) < 4.78 is 0. The van der Waals surface area contributed by atoms with Crippen molar-refractivity contribution in [1.82, 2.24) is 9.97 Å². The molecule has 0 saturated heterocycles. The molecule has 0 aromatic carbocycles. The van der Waals surface area contributed by atoms with Gasteiger partial charge in [-0.05, 0) is 6.92 Å². The minimum Gasteiger partial charge on any atom is -0.257 e. The average Bonchev–Trinajstić information content (AvgIpc) is 2.33. The van der Waals surface area contributed by atoms with Crippen LogP contribution in [-0.4, -0.2) is 9.97 Å². The van der Waals surface area contributed by atoms with E-state index in [1.807, 2.05) is 24.9 Å². The van der Waals surface area contributed by atoms with Crippen molar-refractivity contribution < 1.29 is 0 Å². The van der Waals surface area contributed by atoms with Gasteiger partial charge in [-0.15, -0.1) is 11.8 Å². The van der Waals surface area contributed by atoms with Crippen molar-refractivity contribution in [3.63, 3.8) is 0 Å². The van der Waals surface area contributed by atoms with Gasteiger partial charge in [0.2, 0.25) is 0 Å². The summed E-state index contributed by atoms with van der Waals surface area (Å²) in [4.78, 5) is 8.65. The Labute approximate surface area is 64.1 Å². The molecule has 0 aliphatic carbocycles. The number of fused-ring (bicyclic) bond motifs is 1. The molecule has 0 N–H and O–H groups in total. The fourth-order valence-electron chi connectivity index (χ4n) is 1.03. The van der Waals surface area contributed by atoms with Crippen LogP contribution in [0.5, 0.6) is 0 Å². The van der Waals surface area contributed by atoms with Gasteiger partial charge in [0.05, 0.1) is 17.1 Å². The van der Waals surface area contributed by atoms with E-state index in [0.717, 1.165) is 17.2 Å². The third-order valence-electron chi connectivity index (χ3n) is 1.53. The van der Waals surface area contributed by atoms with Crippen LogP contribution in [0.25, 0.3) is 0 Å². The lowest BCUT2D eigenvalue weighted by atomic mass is 10.3. The van der Waals surface area contributed by atoms with Crippen LogP contribution in [0.2, 0.25) is 0 Å². The summed E-state index contributed by atoms with van der Waals surface area (Å²) in [6.45, 7) is 1.98. The molecule has 0 amide bonds. The highest BCUT2D eigenvalue weighted by Gasteiger charge is 2.12. The number of rotatable bonds is 0. The van der Waals surface area contributed by atoms with Crippen LogP contribution in [0, 0.1) is 6.92 Å². The van der Waals surface area contributed by atoms with Crippen molar-refractivity contribution in [3.8, 4) is 0 Å². The van der Waals surface area contributed by atoms with Crippen LogP contribution in [0.1, 0.15) is 17.1 Å². The van der Waals surface area contributed by atoms with E-state index in [9.17, 15) is 0 Å². The molecule has 0 saturated carbocycles. The number of aromatic nitrogens is 2. The first-order valence-electron chi connectivity index (χ1n) is 3.25. The van der Waals surface area contributed by atoms with Gasteiger partial charge in [0.25, 0.3) is 0 Å². The van der Waals surface area contributed by atoms with Crippen molar-refractivity contribution in [1.29, 1.82) is 0 Å². The van der Waals surface area contributed by atoms with E-state index in [1.54, 1.807) is 0 Å². The Morgan fingerprint density at radius 3 is 3.10 bits per heavy atom. The van der Waals surface area contributed by atoms with E-state index < -0.39 is 0 Å². The van der Waals surface area contributed by atoms with Gasteiger partial charge in [-0.3, -0.25) is 9.97 Å². The maximum Gasteiger partial charge on any atom is 0.0729 e. The summed E-state index contributed by atoms with van der Waals surface area (Å²) in [6.07, 6.45) is 1.84. The monoisotopic (exact) mass is 152 g/mol. The van der Waals surface area contributed by atoms with Gasteiger partial charge < -0.3 is 0 Å². The largest absolute Gasteiger partial charge is 0.257 e. The third kappa shape index (κ3) is 0.904. The molecule has 1 aromatic heterocycles. The predicted molar refractivity (Wildman–Crippen MR) is 41.8 cm³/mol. The summed E-state index contributed by atoms with van der Waals surface area (Å²) in [6, 6.07) is 0. The minimum absolute atomic E-state index is 1.03. The first-order valence-corrected chi connectivity index (χ1v) is 4.41.